The number of thiophene rings is 1. The molecule has 3 heterocycles. The van der Waals surface area contributed by atoms with E-state index in [2.05, 4.69) is 71.0 Å². The predicted octanol–water partition coefficient (Wildman–Crippen LogP) is 6.45. The van der Waals surface area contributed by atoms with Gasteiger partial charge in [-0.05, 0) is 67.1 Å². The molecule has 0 radical (unpaired) electrons. The highest BCUT2D eigenvalue weighted by atomic mass is 32.1. The van der Waals surface area contributed by atoms with Crippen molar-refractivity contribution in [2.45, 2.75) is 31.8 Å². The number of rotatable bonds is 9. The van der Waals surface area contributed by atoms with Gasteiger partial charge in [-0.2, -0.15) is 0 Å². The van der Waals surface area contributed by atoms with Crippen LogP contribution in [0.1, 0.15) is 36.4 Å². The average molecular weight is 475 g/mol. The molecule has 0 spiro atoms. The summed E-state index contributed by atoms with van der Waals surface area (Å²) in [5.41, 5.74) is 2.40. The van der Waals surface area contributed by atoms with E-state index in [1.54, 1.807) is 18.4 Å². The maximum atomic E-state index is 6.12. The quantitative estimate of drug-likeness (QED) is 0.357. The highest BCUT2D eigenvalue weighted by molar-refractivity contribution is 7.17. The predicted molar refractivity (Wildman–Crippen MR) is 141 cm³/mol. The van der Waals surface area contributed by atoms with E-state index in [0.717, 1.165) is 51.4 Å². The number of hydrogen-bond donors (Lipinski definition) is 0. The Balaban J connectivity index is 1.14. The molecule has 1 aliphatic heterocycles. The third-order valence-corrected chi connectivity index (χ3v) is 8.20. The van der Waals surface area contributed by atoms with Crippen molar-refractivity contribution < 1.29 is 9.47 Å². The topological polar surface area (TPSA) is 34.6 Å². The number of allylic oxidation sites excluding steroid dienone is 3. The van der Waals surface area contributed by atoms with Gasteiger partial charge < -0.3 is 14.4 Å². The van der Waals surface area contributed by atoms with Crippen molar-refractivity contribution in [1.29, 1.82) is 0 Å². The molecular formula is C29H34N2O2S. The van der Waals surface area contributed by atoms with Gasteiger partial charge in [0.15, 0.2) is 0 Å². The standard InChI is InChI=1S/C29H34N2O2S/c1-32-18-15-22-7-2-3-8-24(22)19-31-16-13-23(14-17-31)27-10-6-12-29(30-27)33-20-25-21-34-28-11-5-4-9-26(25)28/h2-12,21-24H,13-20H2,1H3. The zero-order valence-electron chi connectivity index (χ0n) is 19.9. The van der Waals surface area contributed by atoms with Crippen LogP contribution in [0.2, 0.25) is 0 Å². The molecule has 5 rings (SSSR count). The number of hydrogen-bond acceptors (Lipinski definition) is 5. The van der Waals surface area contributed by atoms with E-state index in [0.29, 0.717) is 24.4 Å². The van der Waals surface area contributed by atoms with Crippen LogP contribution in [-0.4, -0.2) is 43.2 Å². The molecule has 0 bridgehead atoms. The van der Waals surface area contributed by atoms with Crippen LogP contribution in [0.4, 0.5) is 0 Å². The van der Waals surface area contributed by atoms with Gasteiger partial charge >= 0.3 is 0 Å². The van der Waals surface area contributed by atoms with Crippen LogP contribution in [0, 0.1) is 11.8 Å². The summed E-state index contributed by atoms with van der Waals surface area (Å²) in [5, 5.41) is 3.48. The zero-order valence-corrected chi connectivity index (χ0v) is 20.8. The molecule has 0 amide bonds. The lowest BCUT2D eigenvalue weighted by Crippen LogP contribution is -2.38. The van der Waals surface area contributed by atoms with Gasteiger partial charge in [0.1, 0.15) is 6.61 Å². The Morgan fingerprint density at radius 2 is 1.82 bits per heavy atom. The number of methoxy groups -OCH3 is 1. The lowest BCUT2D eigenvalue weighted by Gasteiger charge is -2.35. The van der Waals surface area contributed by atoms with Crippen molar-refractivity contribution in [3.8, 4) is 5.88 Å². The Hall–Kier alpha value is -2.47. The van der Waals surface area contributed by atoms with Crippen LogP contribution in [0.3, 0.4) is 0 Å². The lowest BCUT2D eigenvalue weighted by molar-refractivity contribution is 0.152. The van der Waals surface area contributed by atoms with Crippen LogP contribution >= 0.6 is 11.3 Å². The van der Waals surface area contributed by atoms with Gasteiger partial charge in [0, 0.05) is 48.2 Å². The first-order chi connectivity index (χ1) is 16.8. The minimum absolute atomic E-state index is 0.507. The SMILES string of the molecule is COCCC1C=CC=CC1CN1CCC(c2cccc(OCc3csc4ccccc34)n2)CC1. The Bertz CT molecular complexity index is 1130. The molecule has 34 heavy (non-hydrogen) atoms. The number of fused-ring (bicyclic) bond motifs is 1. The van der Waals surface area contributed by atoms with E-state index >= 15 is 0 Å². The van der Waals surface area contributed by atoms with Gasteiger partial charge in [-0.3, -0.25) is 0 Å². The number of aromatic nitrogens is 1. The van der Waals surface area contributed by atoms with Crippen LogP contribution in [-0.2, 0) is 11.3 Å². The van der Waals surface area contributed by atoms with Crippen LogP contribution < -0.4 is 4.74 Å². The molecule has 1 saturated heterocycles. The molecule has 1 aromatic carbocycles. The summed E-state index contributed by atoms with van der Waals surface area (Å²) in [6.07, 6.45) is 12.5. The number of likely N-dealkylation sites (tertiary alicyclic amines) is 1. The van der Waals surface area contributed by atoms with Crippen molar-refractivity contribution in [2.75, 3.05) is 33.4 Å². The fourth-order valence-corrected chi connectivity index (χ4v) is 6.15. The van der Waals surface area contributed by atoms with Crippen molar-refractivity contribution in [3.05, 3.63) is 83.4 Å². The maximum Gasteiger partial charge on any atom is 0.213 e. The second kappa shape index (κ2) is 11.3. The van der Waals surface area contributed by atoms with Crippen molar-refractivity contribution >= 4 is 21.4 Å². The lowest BCUT2D eigenvalue weighted by atomic mass is 9.85. The second-order valence-corrected chi connectivity index (χ2v) is 10.3. The Morgan fingerprint density at radius 1 is 1.00 bits per heavy atom. The summed E-state index contributed by atoms with van der Waals surface area (Å²) in [6, 6.07) is 14.7. The normalized spacial score (nSPS) is 21.3. The van der Waals surface area contributed by atoms with Crippen LogP contribution in [0.5, 0.6) is 5.88 Å². The van der Waals surface area contributed by atoms with Crippen molar-refractivity contribution in [3.63, 3.8) is 0 Å². The van der Waals surface area contributed by atoms with E-state index in [1.165, 1.54) is 21.3 Å². The molecule has 5 heteroatoms. The molecule has 178 valence electrons. The summed E-state index contributed by atoms with van der Waals surface area (Å²) in [5.74, 6) is 2.40. The first-order valence-electron chi connectivity index (χ1n) is 12.4. The monoisotopic (exact) mass is 474 g/mol. The average Bonchev–Trinajstić information content (AvgIpc) is 3.31. The molecule has 0 N–H and O–H groups in total. The summed E-state index contributed by atoms with van der Waals surface area (Å²) >= 11 is 1.77. The summed E-state index contributed by atoms with van der Waals surface area (Å²) < 4.78 is 12.7. The molecule has 1 fully saturated rings. The van der Waals surface area contributed by atoms with E-state index in [4.69, 9.17) is 14.5 Å². The maximum absolute atomic E-state index is 6.12. The van der Waals surface area contributed by atoms with Crippen molar-refractivity contribution in [1.82, 2.24) is 9.88 Å². The van der Waals surface area contributed by atoms with E-state index < -0.39 is 0 Å². The summed E-state index contributed by atoms with van der Waals surface area (Å²) in [7, 11) is 1.79. The number of piperidine rings is 1. The van der Waals surface area contributed by atoms with Gasteiger partial charge in [0.2, 0.25) is 5.88 Å². The molecule has 3 aromatic rings. The van der Waals surface area contributed by atoms with E-state index in [-0.39, 0.29) is 0 Å². The fourth-order valence-electron chi connectivity index (χ4n) is 5.20. The third kappa shape index (κ3) is 5.60. The number of ether oxygens (including phenoxy) is 2. The molecule has 2 aliphatic rings. The van der Waals surface area contributed by atoms with Crippen LogP contribution in [0.15, 0.2) is 72.1 Å². The molecule has 4 nitrogen and oxygen atoms in total. The Labute approximate surface area is 206 Å². The number of benzene rings is 1. The second-order valence-electron chi connectivity index (χ2n) is 9.40. The minimum atomic E-state index is 0.507. The number of pyridine rings is 1. The highest BCUT2D eigenvalue weighted by Gasteiger charge is 2.26. The third-order valence-electron chi connectivity index (χ3n) is 7.19. The minimum Gasteiger partial charge on any atom is -0.473 e. The van der Waals surface area contributed by atoms with Gasteiger partial charge in [-0.1, -0.05) is 48.6 Å². The van der Waals surface area contributed by atoms with Gasteiger partial charge in [-0.25, -0.2) is 4.98 Å². The molecule has 1 aliphatic carbocycles. The van der Waals surface area contributed by atoms with E-state index in [1.807, 2.05) is 6.07 Å². The molecule has 2 aromatic heterocycles. The Morgan fingerprint density at radius 3 is 2.68 bits per heavy atom. The van der Waals surface area contributed by atoms with Crippen molar-refractivity contribution in [2.24, 2.45) is 11.8 Å². The Kier molecular flexibility index (Phi) is 7.74. The van der Waals surface area contributed by atoms with E-state index in [9.17, 15) is 0 Å². The summed E-state index contributed by atoms with van der Waals surface area (Å²) in [4.78, 5) is 7.52. The zero-order chi connectivity index (χ0) is 23.2. The molecular weight excluding hydrogens is 440 g/mol. The first kappa shape index (κ1) is 23.3. The van der Waals surface area contributed by atoms with Gasteiger partial charge in [-0.15, -0.1) is 11.3 Å². The summed E-state index contributed by atoms with van der Waals surface area (Å²) in [6.45, 7) is 4.78. The van der Waals surface area contributed by atoms with Gasteiger partial charge in [0.25, 0.3) is 0 Å². The molecule has 2 unspecified atom stereocenters. The fraction of sp³-hybridized carbons (Fsp3) is 0.414. The first-order valence-corrected chi connectivity index (χ1v) is 13.3. The molecule has 2 atom stereocenters. The highest BCUT2D eigenvalue weighted by Crippen LogP contribution is 2.31. The molecule has 0 saturated carbocycles. The van der Waals surface area contributed by atoms with Gasteiger partial charge in [0.05, 0.1) is 0 Å². The largest absolute Gasteiger partial charge is 0.473 e. The van der Waals surface area contributed by atoms with Crippen LogP contribution in [0.25, 0.3) is 10.1 Å². The smallest absolute Gasteiger partial charge is 0.213 e. The number of nitrogens with zero attached hydrogens (tertiary/aromatic N) is 2.